The molecule has 0 fully saturated rings. The van der Waals surface area contributed by atoms with E-state index in [2.05, 4.69) is 15.5 Å². The predicted molar refractivity (Wildman–Crippen MR) is 103 cm³/mol. The highest BCUT2D eigenvalue weighted by Gasteiger charge is 2.20. The van der Waals surface area contributed by atoms with E-state index < -0.39 is 6.04 Å². The van der Waals surface area contributed by atoms with Crippen LogP contribution in [0.25, 0.3) is 11.3 Å². The van der Waals surface area contributed by atoms with Crippen molar-refractivity contribution in [3.05, 3.63) is 75.9 Å². The highest BCUT2D eigenvalue weighted by Crippen LogP contribution is 2.31. The van der Waals surface area contributed by atoms with E-state index >= 15 is 0 Å². The fourth-order valence-electron chi connectivity index (χ4n) is 2.68. The molecule has 0 bridgehead atoms. The van der Waals surface area contributed by atoms with Crippen LogP contribution in [0.2, 0.25) is 10.0 Å². The van der Waals surface area contributed by atoms with Crippen molar-refractivity contribution in [2.24, 2.45) is 0 Å². The number of nitrogens with zero attached hydrogens (tertiary/aromatic N) is 1. The lowest BCUT2D eigenvalue weighted by atomic mass is 10.0. The zero-order chi connectivity index (χ0) is 18.5. The van der Waals surface area contributed by atoms with E-state index in [1.54, 1.807) is 18.2 Å². The van der Waals surface area contributed by atoms with Crippen molar-refractivity contribution in [2.75, 3.05) is 6.61 Å². The van der Waals surface area contributed by atoms with E-state index in [4.69, 9.17) is 23.2 Å². The van der Waals surface area contributed by atoms with Crippen molar-refractivity contribution >= 4 is 29.1 Å². The Kier molecular flexibility index (Phi) is 5.93. The van der Waals surface area contributed by atoms with Gasteiger partial charge in [0, 0.05) is 10.6 Å². The summed E-state index contributed by atoms with van der Waals surface area (Å²) in [6.45, 7) is -0.171. The summed E-state index contributed by atoms with van der Waals surface area (Å²) in [5, 5.41) is 20.1. The minimum absolute atomic E-state index is 0.171. The largest absolute Gasteiger partial charge is 0.394 e. The summed E-state index contributed by atoms with van der Waals surface area (Å²) in [5.41, 5.74) is 2.50. The molecule has 3 aromatic rings. The smallest absolute Gasteiger partial charge is 0.255 e. The Morgan fingerprint density at radius 2 is 1.96 bits per heavy atom. The number of aromatic amines is 1. The lowest BCUT2D eigenvalue weighted by Gasteiger charge is -2.16. The summed E-state index contributed by atoms with van der Waals surface area (Å²) in [4.78, 5) is 12.7. The molecule has 3 N–H and O–H groups in total. The number of aliphatic hydroxyl groups excluding tert-OH is 1. The molecular formula is C19H17Cl2N3O2. The number of carbonyl (C=O) groups excluding carboxylic acids is 1. The highest BCUT2D eigenvalue weighted by atomic mass is 35.5. The molecule has 7 heteroatoms. The van der Waals surface area contributed by atoms with Crippen molar-refractivity contribution in [3.8, 4) is 11.3 Å². The molecule has 0 aliphatic rings. The third-order valence-corrected chi connectivity index (χ3v) is 4.51. The van der Waals surface area contributed by atoms with Gasteiger partial charge in [0.15, 0.2) is 0 Å². The van der Waals surface area contributed by atoms with E-state index in [1.165, 1.54) is 6.20 Å². The number of H-pyrrole nitrogens is 1. The molecule has 1 heterocycles. The molecule has 3 rings (SSSR count). The van der Waals surface area contributed by atoms with Crippen molar-refractivity contribution < 1.29 is 9.90 Å². The minimum Gasteiger partial charge on any atom is -0.394 e. The van der Waals surface area contributed by atoms with Crippen LogP contribution in [-0.4, -0.2) is 33.9 Å². The second-order valence-corrected chi connectivity index (χ2v) is 6.67. The minimum atomic E-state index is -0.409. The molecule has 0 unspecified atom stereocenters. The van der Waals surface area contributed by atoms with Crippen LogP contribution in [0.4, 0.5) is 0 Å². The number of benzene rings is 2. The van der Waals surface area contributed by atoms with Gasteiger partial charge in [-0.15, -0.1) is 0 Å². The lowest BCUT2D eigenvalue weighted by Crippen LogP contribution is -2.39. The zero-order valence-electron chi connectivity index (χ0n) is 13.7. The fourth-order valence-corrected chi connectivity index (χ4v) is 3.18. The third-order valence-electron chi connectivity index (χ3n) is 3.96. The van der Waals surface area contributed by atoms with Gasteiger partial charge >= 0.3 is 0 Å². The normalized spacial score (nSPS) is 12.0. The maximum Gasteiger partial charge on any atom is 0.255 e. The second kappa shape index (κ2) is 8.36. The van der Waals surface area contributed by atoms with Crippen LogP contribution in [-0.2, 0) is 6.42 Å². The van der Waals surface area contributed by atoms with Crippen molar-refractivity contribution in [1.82, 2.24) is 15.5 Å². The molecule has 0 radical (unpaired) electrons. The molecular weight excluding hydrogens is 373 g/mol. The summed E-state index contributed by atoms with van der Waals surface area (Å²) < 4.78 is 0. The Hall–Kier alpha value is -2.34. The van der Waals surface area contributed by atoms with E-state index in [1.807, 2.05) is 30.3 Å². The first-order valence-electron chi connectivity index (χ1n) is 8.03. The van der Waals surface area contributed by atoms with E-state index in [0.29, 0.717) is 33.3 Å². The molecule has 0 saturated heterocycles. The zero-order valence-corrected chi connectivity index (χ0v) is 15.3. The Morgan fingerprint density at radius 3 is 2.65 bits per heavy atom. The van der Waals surface area contributed by atoms with Crippen LogP contribution in [0.15, 0.2) is 54.7 Å². The first-order valence-corrected chi connectivity index (χ1v) is 8.78. The maximum absolute atomic E-state index is 12.7. The predicted octanol–water partition coefficient (Wildman–Crippen LogP) is 3.72. The number of hydrogen-bond acceptors (Lipinski definition) is 3. The number of halogens is 2. The van der Waals surface area contributed by atoms with Gasteiger partial charge in [-0.1, -0.05) is 53.5 Å². The van der Waals surface area contributed by atoms with E-state index in [-0.39, 0.29) is 12.5 Å². The van der Waals surface area contributed by atoms with Crippen LogP contribution < -0.4 is 5.32 Å². The molecule has 0 spiro atoms. The number of aromatic nitrogens is 2. The number of hydrogen-bond donors (Lipinski definition) is 3. The molecule has 2 aromatic carbocycles. The number of rotatable bonds is 6. The molecule has 1 aromatic heterocycles. The fraction of sp³-hybridized carbons (Fsp3) is 0.158. The number of carbonyl (C=O) groups is 1. The standard InChI is InChI=1S/C19H17Cl2N3O2/c20-13-6-7-15(17(21)9-13)18-16(10-22-24-18)19(26)23-14(11-25)8-12-4-2-1-3-5-12/h1-7,9-10,14,25H,8,11H2,(H,22,24)(H,23,26)/t14-/m0/s1. The molecule has 0 aliphatic carbocycles. The number of aliphatic hydroxyl groups is 1. The third kappa shape index (κ3) is 4.25. The van der Waals surface area contributed by atoms with E-state index in [9.17, 15) is 9.90 Å². The number of nitrogens with one attached hydrogen (secondary N) is 2. The van der Waals surface area contributed by atoms with Gasteiger partial charge in [0.1, 0.15) is 0 Å². The molecule has 0 aliphatic heterocycles. The van der Waals surface area contributed by atoms with Gasteiger partial charge in [0.05, 0.1) is 35.1 Å². The Bertz CT molecular complexity index is 897. The van der Waals surface area contributed by atoms with Gasteiger partial charge in [-0.2, -0.15) is 5.10 Å². The van der Waals surface area contributed by atoms with Gasteiger partial charge in [0.25, 0.3) is 5.91 Å². The Labute approximate surface area is 161 Å². The lowest BCUT2D eigenvalue weighted by molar-refractivity contribution is 0.0917. The van der Waals surface area contributed by atoms with Gasteiger partial charge in [-0.25, -0.2) is 0 Å². The average molecular weight is 390 g/mol. The SMILES string of the molecule is O=C(N[C@H](CO)Cc1ccccc1)c1cn[nH]c1-c1ccc(Cl)cc1Cl. The monoisotopic (exact) mass is 389 g/mol. The quantitative estimate of drug-likeness (QED) is 0.601. The van der Waals surface area contributed by atoms with Crippen LogP contribution in [0.1, 0.15) is 15.9 Å². The molecule has 1 amide bonds. The first kappa shape index (κ1) is 18.5. The van der Waals surface area contributed by atoms with Crippen LogP contribution in [0.5, 0.6) is 0 Å². The van der Waals surface area contributed by atoms with Crippen LogP contribution in [0.3, 0.4) is 0 Å². The maximum atomic E-state index is 12.7. The van der Waals surface area contributed by atoms with Gasteiger partial charge in [0.2, 0.25) is 0 Å². The first-order chi connectivity index (χ1) is 12.6. The average Bonchev–Trinajstić information content (AvgIpc) is 3.11. The summed E-state index contributed by atoms with van der Waals surface area (Å²) in [6, 6.07) is 14.3. The van der Waals surface area contributed by atoms with Crippen molar-refractivity contribution in [2.45, 2.75) is 12.5 Å². The summed E-state index contributed by atoms with van der Waals surface area (Å²) >= 11 is 12.2. The molecule has 134 valence electrons. The van der Waals surface area contributed by atoms with E-state index in [0.717, 1.165) is 5.56 Å². The van der Waals surface area contributed by atoms with Gasteiger partial charge < -0.3 is 10.4 Å². The topological polar surface area (TPSA) is 78.0 Å². The molecule has 0 saturated carbocycles. The molecule has 26 heavy (non-hydrogen) atoms. The van der Waals surface area contributed by atoms with Crippen LogP contribution >= 0.6 is 23.2 Å². The summed E-state index contributed by atoms with van der Waals surface area (Å²) in [6.07, 6.45) is 1.96. The van der Waals surface area contributed by atoms with Gasteiger partial charge in [-0.3, -0.25) is 9.89 Å². The second-order valence-electron chi connectivity index (χ2n) is 5.83. The van der Waals surface area contributed by atoms with Gasteiger partial charge in [-0.05, 0) is 30.2 Å². The summed E-state index contributed by atoms with van der Waals surface area (Å²) in [7, 11) is 0. The number of amides is 1. The van der Waals surface area contributed by atoms with Crippen molar-refractivity contribution in [3.63, 3.8) is 0 Å². The molecule has 1 atom stereocenters. The van der Waals surface area contributed by atoms with Crippen LogP contribution in [0, 0.1) is 0 Å². The summed E-state index contributed by atoms with van der Waals surface area (Å²) in [5.74, 6) is -0.338. The Morgan fingerprint density at radius 1 is 1.19 bits per heavy atom. The Balaban J connectivity index is 1.79. The van der Waals surface area contributed by atoms with Crippen molar-refractivity contribution in [1.29, 1.82) is 0 Å². The molecule has 5 nitrogen and oxygen atoms in total. The highest BCUT2D eigenvalue weighted by molar-refractivity contribution is 6.36.